The van der Waals surface area contributed by atoms with Crippen LogP contribution in [0.2, 0.25) is 0 Å². The van der Waals surface area contributed by atoms with Crippen molar-refractivity contribution in [1.82, 2.24) is 4.98 Å². The first kappa shape index (κ1) is 13.3. The fraction of sp³-hybridized carbons (Fsp3) is 0.182. The number of ether oxygens (including phenoxy) is 1. The lowest BCUT2D eigenvalue weighted by Crippen LogP contribution is -1.97. The third-order valence-electron chi connectivity index (χ3n) is 2.01. The minimum atomic E-state index is -0.677. The van der Waals surface area contributed by atoms with E-state index in [0.29, 0.717) is 5.56 Å². The fourth-order valence-electron chi connectivity index (χ4n) is 1.16. The second-order valence-electron chi connectivity index (χ2n) is 3.19. The second kappa shape index (κ2) is 6.10. The number of aromatic nitrogens is 1. The molecule has 0 atom stereocenters. The molecule has 0 aliphatic heterocycles. The van der Waals surface area contributed by atoms with E-state index in [-0.39, 0.29) is 17.8 Å². The van der Waals surface area contributed by atoms with Gasteiger partial charge in [-0.25, -0.2) is 4.98 Å². The number of hydrogen-bond acceptors (Lipinski definition) is 6. The summed E-state index contributed by atoms with van der Waals surface area (Å²) in [5.74, 6) is -0.414. The predicted octanol–water partition coefficient (Wildman–Crippen LogP) is 1.44. The van der Waals surface area contributed by atoms with Crippen molar-refractivity contribution < 1.29 is 14.5 Å². The van der Waals surface area contributed by atoms with Crippen LogP contribution >= 0.6 is 0 Å². The van der Waals surface area contributed by atoms with Gasteiger partial charge in [0.05, 0.1) is 18.5 Å². The van der Waals surface area contributed by atoms with E-state index in [9.17, 15) is 14.9 Å². The number of nitriles is 1. The molecule has 0 amide bonds. The Labute approximate surface area is 102 Å². The Morgan fingerprint density at radius 1 is 1.72 bits per heavy atom. The zero-order valence-corrected chi connectivity index (χ0v) is 9.49. The Bertz CT molecular complexity index is 546. The lowest BCUT2D eigenvalue weighted by molar-refractivity contribution is -0.385. The minimum absolute atomic E-state index is 0.0598. The number of esters is 1. The number of rotatable bonds is 4. The molecule has 0 aliphatic carbocycles. The van der Waals surface area contributed by atoms with Crippen LogP contribution in [-0.4, -0.2) is 23.0 Å². The zero-order chi connectivity index (χ0) is 13.5. The number of pyridine rings is 1. The lowest BCUT2D eigenvalue weighted by Gasteiger charge is -1.96. The molecular formula is C11H9N3O4. The van der Waals surface area contributed by atoms with Gasteiger partial charge in [0.25, 0.3) is 0 Å². The quantitative estimate of drug-likeness (QED) is 0.452. The molecular weight excluding hydrogens is 238 g/mol. The van der Waals surface area contributed by atoms with Gasteiger partial charge in [0.2, 0.25) is 5.69 Å². The van der Waals surface area contributed by atoms with Gasteiger partial charge in [-0.15, -0.1) is 0 Å². The van der Waals surface area contributed by atoms with E-state index in [4.69, 9.17) is 5.26 Å². The molecule has 0 unspecified atom stereocenters. The molecule has 0 spiro atoms. The van der Waals surface area contributed by atoms with Crippen molar-refractivity contribution in [2.45, 2.75) is 6.42 Å². The molecule has 7 nitrogen and oxygen atoms in total. The highest BCUT2D eigenvalue weighted by atomic mass is 16.6. The smallest absolute Gasteiger partial charge is 0.309 e. The molecule has 0 radical (unpaired) electrons. The Hall–Kier alpha value is -2.75. The van der Waals surface area contributed by atoms with Gasteiger partial charge in [0.15, 0.2) is 0 Å². The van der Waals surface area contributed by atoms with Crippen molar-refractivity contribution in [2.24, 2.45) is 0 Å². The number of nitro groups is 1. The van der Waals surface area contributed by atoms with Crippen molar-refractivity contribution in [3.05, 3.63) is 39.7 Å². The van der Waals surface area contributed by atoms with Crippen LogP contribution in [0.15, 0.2) is 18.3 Å². The summed E-state index contributed by atoms with van der Waals surface area (Å²) in [7, 11) is 1.27. The number of nitrogens with zero attached hydrogens (tertiary/aromatic N) is 3. The summed E-state index contributed by atoms with van der Waals surface area (Å²) in [4.78, 5) is 24.5. The SMILES string of the molecule is COC(=O)CC=Cc1cnc(C#N)c([N+](=O)[O-])c1. The van der Waals surface area contributed by atoms with E-state index < -0.39 is 10.9 Å². The van der Waals surface area contributed by atoms with E-state index in [1.807, 2.05) is 0 Å². The predicted molar refractivity (Wildman–Crippen MR) is 61.3 cm³/mol. The monoisotopic (exact) mass is 247 g/mol. The maximum Gasteiger partial charge on any atom is 0.309 e. The van der Waals surface area contributed by atoms with Crippen LogP contribution in [0.3, 0.4) is 0 Å². The Balaban J connectivity index is 2.93. The Morgan fingerprint density at radius 2 is 2.44 bits per heavy atom. The number of methoxy groups -OCH3 is 1. The molecule has 0 N–H and O–H groups in total. The highest BCUT2D eigenvalue weighted by molar-refractivity contribution is 5.72. The van der Waals surface area contributed by atoms with Crippen LogP contribution in [0.25, 0.3) is 6.08 Å². The molecule has 0 fully saturated rings. The average Bonchev–Trinajstić information content (AvgIpc) is 2.38. The molecule has 1 rings (SSSR count). The third-order valence-corrected chi connectivity index (χ3v) is 2.01. The summed E-state index contributed by atoms with van der Waals surface area (Å²) in [5, 5.41) is 19.3. The number of hydrogen-bond donors (Lipinski definition) is 0. The van der Waals surface area contributed by atoms with Crippen LogP contribution in [0.1, 0.15) is 17.7 Å². The number of carbonyl (C=O) groups is 1. The molecule has 1 heterocycles. The molecule has 1 aromatic heterocycles. The summed E-state index contributed by atoms with van der Waals surface area (Å²) in [6.07, 6.45) is 4.38. The normalized spacial score (nSPS) is 10.0. The maximum absolute atomic E-state index is 10.8. The first-order valence-corrected chi connectivity index (χ1v) is 4.86. The first-order valence-electron chi connectivity index (χ1n) is 4.86. The largest absolute Gasteiger partial charge is 0.469 e. The Morgan fingerprint density at radius 3 is 3.00 bits per heavy atom. The molecule has 0 aromatic carbocycles. The van der Waals surface area contributed by atoms with Crippen molar-refractivity contribution in [2.75, 3.05) is 7.11 Å². The van der Waals surface area contributed by atoms with Gasteiger partial charge in [-0.05, 0) is 5.56 Å². The zero-order valence-electron chi connectivity index (χ0n) is 9.49. The molecule has 0 bridgehead atoms. The summed E-state index contributed by atoms with van der Waals surface area (Å²) < 4.78 is 4.43. The highest BCUT2D eigenvalue weighted by Crippen LogP contribution is 2.17. The van der Waals surface area contributed by atoms with Gasteiger partial charge >= 0.3 is 11.7 Å². The topological polar surface area (TPSA) is 106 Å². The van der Waals surface area contributed by atoms with Crippen LogP contribution < -0.4 is 0 Å². The van der Waals surface area contributed by atoms with Crippen LogP contribution in [0.5, 0.6) is 0 Å². The minimum Gasteiger partial charge on any atom is -0.469 e. The van der Waals surface area contributed by atoms with E-state index in [1.165, 1.54) is 31.5 Å². The molecule has 92 valence electrons. The highest BCUT2D eigenvalue weighted by Gasteiger charge is 2.14. The second-order valence-corrected chi connectivity index (χ2v) is 3.19. The van der Waals surface area contributed by atoms with Gasteiger partial charge in [0, 0.05) is 12.3 Å². The average molecular weight is 247 g/mol. The van der Waals surface area contributed by atoms with E-state index in [1.54, 1.807) is 6.07 Å². The van der Waals surface area contributed by atoms with Crippen LogP contribution in [0.4, 0.5) is 5.69 Å². The Kier molecular flexibility index (Phi) is 4.51. The van der Waals surface area contributed by atoms with Crippen LogP contribution in [-0.2, 0) is 9.53 Å². The van der Waals surface area contributed by atoms with Crippen molar-refractivity contribution in [1.29, 1.82) is 5.26 Å². The summed E-state index contributed by atoms with van der Waals surface area (Å²) in [5.41, 5.74) is -0.174. The van der Waals surface area contributed by atoms with Gasteiger partial charge < -0.3 is 4.74 Å². The third kappa shape index (κ3) is 3.38. The van der Waals surface area contributed by atoms with Gasteiger partial charge in [0.1, 0.15) is 6.07 Å². The molecule has 1 aromatic rings. The number of carbonyl (C=O) groups excluding carboxylic acids is 1. The molecule has 0 saturated heterocycles. The van der Waals surface area contributed by atoms with E-state index >= 15 is 0 Å². The van der Waals surface area contributed by atoms with E-state index in [0.717, 1.165) is 0 Å². The van der Waals surface area contributed by atoms with Gasteiger partial charge in [-0.1, -0.05) is 12.2 Å². The van der Waals surface area contributed by atoms with Crippen molar-refractivity contribution in [3.8, 4) is 6.07 Å². The lowest BCUT2D eigenvalue weighted by atomic mass is 10.2. The van der Waals surface area contributed by atoms with E-state index in [2.05, 4.69) is 9.72 Å². The molecule has 0 aliphatic rings. The van der Waals surface area contributed by atoms with Gasteiger partial charge in [-0.3, -0.25) is 14.9 Å². The summed E-state index contributed by atoms with van der Waals surface area (Å²) in [6, 6.07) is 2.86. The molecule has 7 heteroatoms. The van der Waals surface area contributed by atoms with Crippen LogP contribution in [0, 0.1) is 21.4 Å². The molecule has 0 saturated carbocycles. The maximum atomic E-state index is 10.8. The van der Waals surface area contributed by atoms with Gasteiger partial charge in [-0.2, -0.15) is 5.26 Å². The van der Waals surface area contributed by atoms with Crippen molar-refractivity contribution in [3.63, 3.8) is 0 Å². The fourth-order valence-corrected chi connectivity index (χ4v) is 1.16. The summed E-state index contributed by atoms with van der Waals surface area (Å²) >= 11 is 0. The molecule has 18 heavy (non-hydrogen) atoms. The van der Waals surface area contributed by atoms with Crippen molar-refractivity contribution >= 4 is 17.7 Å². The summed E-state index contributed by atoms with van der Waals surface area (Å²) in [6.45, 7) is 0. The standard InChI is InChI=1S/C11H9N3O4/c1-18-11(15)4-2-3-8-5-10(14(16)17)9(6-12)13-7-8/h2-3,5,7H,4H2,1H3. The first-order chi connectivity index (χ1) is 8.58.